The zero-order chi connectivity index (χ0) is 15.5. The average molecular weight is 366 g/mol. The molecule has 1 heterocycles. The van der Waals surface area contributed by atoms with Gasteiger partial charge in [-0.2, -0.15) is 4.37 Å². The summed E-state index contributed by atoms with van der Waals surface area (Å²) in [5.74, 6) is 0. The molecule has 0 saturated heterocycles. The van der Waals surface area contributed by atoms with Crippen LogP contribution in [0, 0.1) is 0 Å². The fraction of sp³-hybridized carbons (Fsp3) is 0. The van der Waals surface area contributed by atoms with E-state index in [1.54, 1.807) is 6.07 Å². The van der Waals surface area contributed by atoms with Gasteiger partial charge >= 0.3 is 0 Å². The molecule has 0 amide bonds. The van der Waals surface area contributed by atoms with Crippen LogP contribution in [0.3, 0.4) is 0 Å². The molecule has 1 aromatic heterocycles. The van der Waals surface area contributed by atoms with Crippen LogP contribution in [0.25, 0.3) is 10.4 Å². The molecule has 0 aliphatic rings. The lowest BCUT2D eigenvalue weighted by atomic mass is 10.1. The molecule has 3 rings (SSSR count). The van der Waals surface area contributed by atoms with Gasteiger partial charge in [0.1, 0.15) is 0 Å². The van der Waals surface area contributed by atoms with E-state index in [0.717, 1.165) is 22.2 Å². The Morgan fingerprint density at radius 1 is 1.00 bits per heavy atom. The highest BCUT2D eigenvalue weighted by Crippen LogP contribution is 2.39. The molecule has 0 atom stereocenters. The van der Waals surface area contributed by atoms with Crippen molar-refractivity contribution in [3.63, 3.8) is 0 Å². The topological polar surface area (TPSA) is 30.0 Å². The summed E-state index contributed by atoms with van der Waals surface area (Å²) in [6, 6.07) is 16.8. The lowest BCUT2D eigenvalue weighted by molar-refractivity contribution is 0.109. The molecule has 0 spiro atoms. The average Bonchev–Trinajstić information content (AvgIpc) is 2.90. The SMILES string of the molecule is O=C(Sc1ccccc1)c1c(Cl)nsc1-c1ccccc1Cl. The van der Waals surface area contributed by atoms with Crippen molar-refractivity contribution < 1.29 is 4.79 Å². The summed E-state index contributed by atoms with van der Waals surface area (Å²) in [5.41, 5.74) is 1.18. The maximum atomic E-state index is 12.6. The maximum Gasteiger partial charge on any atom is 0.228 e. The second-order valence-electron chi connectivity index (χ2n) is 4.36. The van der Waals surface area contributed by atoms with Crippen LogP contribution in [0.4, 0.5) is 0 Å². The van der Waals surface area contributed by atoms with Crippen molar-refractivity contribution in [1.29, 1.82) is 0 Å². The maximum absolute atomic E-state index is 12.6. The number of hydrogen-bond acceptors (Lipinski definition) is 4. The molecule has 22 heavy (non-hydrogen) atoms. The molecule has 2 nitrogen and oxygen atoms in total. The first-order valence-corrected chi connectivity index (χ1v) is 8.68. The number of thioether (sulfide) groups is 1. The second kappa shape index (κ2) is 6.84. The van der Waals surface area contributed by atoms with E-state index in [4.69, 9.17) is 23.2 Å². The molecule has 0 aliphatic carbocycles. The summed E-state index contributed by atoms with van der Waals surface area (Å²) in [4.78, 5) is 14.2. The molecule has 0 bridgehead atoms. The predicted molar refractivity (Wildman–Crippen MR) is 94.2 cm³/mol. The van der Waals surface area contributed by atoms with Crippen LogP contribution in [-0.4, -0.2) is 9.49 Å². The van der Waals surface area contributed by atoms with Gasteiger partial charge in [-0.25, -0.2) is 0 Å². The van der Waals surface area contributed by atoms with Gasteiger partial charge < -0.3 is 0 Å². The lowest BCUT2D eigenvalue weighted by Gasteiger charge is -2.05. The Kier molecular flexibility index (Phi) is 4.84. The summed E-state index contributed by atoms with van der Waals surface area (Å²) in [5, 5.41) is 0.648. The van der Waals surface area contributed by atoms with Crippen molar-refractivity contribution in [2.45, 2.75) is 4.90 Å². The van der Waals surface area contributed by atoms with Crippen LogP contribution in [0.15, 0.2) is 59.5 Å². The molecule has 0 N–H and O–H groups in total. The molecule has 0 aliphatic heterocycles. The van der Waals surface area contributed by atoms with Gasteiger partial charge in [0.2, 0.25) is 5.12 Å². The zero-order valence-corrected chi connectivity index (χ0v) is 14.3. The number of carbonyl (C=O) groups is 1. The summed E-state index contributed by atoms with van der Waals surface area (Å²) in [7, 11) is 0. The van der Waals surface area contributed by atoms with Gasteiger partial charge in [0.15, 0.2) is 5.15 Å². The Labute approximate surface area is 146 Å². The number of hydrogen-bond donors (Lipinski definition) is 0. The van der Waals surface area contributed by atoms with Gasteiger partial charge in [-0.05, 0) is 41.5 Å². The van der Waals surface area contributed by atoms with Crippen molar-refractivity contribution in [3.8, 4) is 10.4 Å². The van der Waals surface area contributed by atoms with Crippen molar-refractivity contribution in [3.05, 3.63) is 70.3 Å². The van der Waals surface area contributed by atoms with E-state index in [9.17, 15) is 4.79 Å². The molecule has 6 heteroatoms. The Bertz CT molecular complexity index is 818. The van der Waals surface area contributed by atoms with E-state index >= 15 is 0 Å². The Hall–Kier alpha value is -1.33. The fourth-order valence-electron chi connectivity index (χ4n) is 1.92. The Morgan fingerprint density at radius 2 is 1.68 bits per heavy atom. The largest absolute Gasteiger partial charge is 0.281 e. The van der Waals surface area contributed by atoms with E-state index in [2.05, 4.69) is 4.37 Å². The third kappa shape index (κ3) is 3.20. The fourth-order valence-corrected chi connectivity index (χ4v) is 4.30. The Morgan fingerprint density at radius 3 is 2.41 bits per heavy atom. The summed E-state index contributed by atoms with van der Waals surface area (Å²) < 4.78 is 4.11. The van der Waals surface area contributed by atoms with E-state index in [1.807, 2.05) is 48.5 Å². The van der Waals surface area contributed by atoms with Gasteiger partial charge in [0, 0.05) is 15.5 Å². The van der Waals surface area contributed by atoms with E-state index < -0.39 is 0 Å². The number of carbonyl (C=O) groups excluding carboxylic acids is 1. The molecular formula is C16H9Cl2NOS2. The molecule has 110 valence electrons. The summed E-state index contributed by atoms with van der Waals surface area (Å²) in [6.07, 6.45) is 0. The number of benzene rings is 2. The molecule has 0 unspecified atom stereocenters. The van der Waals surface area contributed by atoms with Crippen molar-refractivity contribution >= 4 is 51.6 Å². The lowest BCUT2D eigenvalue weighted by Crippen LogP contribution is -1.95. The number of aromatic nitrogens is 1. The predicted octanol–water partition coefficient (Wildman–Crippen LogP) is 6.05. The van der Waals surface area contributed by atoms with Crippen LogP contribution in [0.5, 0.6) is 0 Å². The molecule has 0 radical (unpaired) electrons. The van der Waals surface area contributed by atoms with Crippen LogP contribution >= 0.6 is 46.5 Å². The molecular weight excluding hydrogens is 357 g/mol. The Balaban J connectivity index is 1.99. The third-order valence-electron chi connectivity index (χ3n) is 2.93. The highest BCUT2D eigenvalue weighted by Gasteiger charge is 2.23. The minimum Gasteiger partial charge on any atom is -0.281 e. The minimum atomic E-state index is -0.139. The number of halogens is 2. The number of nitrogens with zero attached hydrogens (tertiary/aromatic N) is 1. The van der Waals surface area contributed by atoms with Crippen molar-refractivity contribution in [2.75, 3.05) is 0 Å². The molecule has 0 saturated carbocycles. The monoisotopic (exact) mass is 365 g/mol. The first kappa shape index (κ1) is 15.6. The summed E-state index contributed by atoms with van der Waals surface area (Å²) in [6.45, 7) is 0. The minimum absolute atomic E-state index is 0.139. The van der Waals surface area contributed by atoms with Crippen LogP contribution in [0.1, 0.15) is 10.4 Å². The summed E-state index contributed by atoms with van der Waals surface area (Å²) >= 11 is 14.7. The van der Waals surface area contributed by atoms with E-state index in [1.165, 1.54) is 11.5 Å². The van der Waals surface area contributed by atoms with Crippen molar-refractivity contribution in [1.82, 2.24) is 4.37 Å². The number of rotatable bonds is 3. The molecule has 2 aromatic carbocycles. The first-order chi connectivity index (χ1) is 10.7. The standard InChI is InChI=1S/C16H9Cl2NOS2/c17-12-9-5-4-8-11(12)14-13(15(18)19-22-14)16(20)21-10-6-2-1-3-7-10/h1-9H. The van der Waals surface area contributed by atoms with E-state index in [-0.39, 0.29) is 10.3 Å². The molecule has 3 aromatic rings. The quantitative estimate of drug-likeness (QED) is 0.529. The van der Waals surface area contributed by atoms with Crippen LogP contribution in [-0.2, 0) is 0 Å². The smallest absolute Gasteiger partial charge is 0.228 e. The zero-order valence-electron chi connectivity index (χ0n) is 11.1. The van der Waals surface area contributed by atoms with Gasteiger partial charge in [0.25, 0.3) is 0 Å². The van der Waals surface area contributed by atoms with Crippen LogP contribution < -0.4 is 0 Å². The normalized spacial score (nSPS) is 10.6. The highest BCUT2D eigenvalue weighted by molar-refractivity contribution is 8.14. The third-order valence-corrected chi connectivity index (χ3v) is 5.41. The first-order valence-electron chi connectivity index (χ1n) is 6.34. The highest BCUT2D eigenvalue weighted by atomic mass is 35.5. The second-order valence-corrected chi connectivity index (χ2v) is 6.94. The van der Waals surface area contributed by atoms with Gasteiger partial charge in [0.05, 0.1) is 10.4 Å². The van der Waals surface area contributed by atoms with Gasteiger partial charge in [-0.1, -0.05) is 59.6 Å². The molecule has 0 fully saturated rings. The van der Waals surface area contributed by atoms with Gasteiger partial charge in [-0.3, -0.25) is 4.79 Å². The van der Waals surface area contributed by atoms with E-state index in [0.29, 0.717) is 15.5 Å². The van der Waals surface area contributed by atoms with Gasteiger partial charge in [-0.15, -0.1) is 0 Å². The van der Waals surface area contributed by atoms with Crippen LogP contribution in [0.2, 0.25) is 10.2 Å². The van der Waals surface area contributed by atoms with Crippen molar-refractivity contribution in [2.24, 2.45) is 0 Å².